The number of hydrogen-bond acceptors (Lipinski definition) is 2. The summed E-state index contributed by atoms with van der Waals surface area (Å²) in [5, 5.41) is 0. The molecule has 0 saturated carbocycles. The van der Waals surface area contributed by atoms with Gasteiger partial charge in [-0.3, -0.25) is 4.79 Å². The molecule has 1 aliphatic carbocycles. The Balaban J connectivity index is 2.04. The molecule has 0 unspecified atom stereocenters. The summed E-state index contributed by atoms with van der Waals surface area (Å²) in [6.07, 6.45) is 7.17. The van der Waals surface area contributed by atoms with Crippen LogP contribution in [0.2, 0.25) is 0 Å². The summed E-state index contributed by atoms with van der Waals surface area (Å²) in [5.41, 5.74) is 6.61. The lowest BCUT2D eigenvalue weighted by Crippen LogP contribution is -2.05. The second-order valence-corrected chi connectivity index (χ2v) is 3.82. The minimum atomic E-state index is -0.130. The molecule has 1 aliphatic rings. The molecule has 1 heterocycles. The third kappa shape index (κ3) is 1.95. The number of aromatic nitrogens is 1. The number of rotatable bonds is 4. The molecule has 0 spiro atoms. The van der Waals surface area contributed by atoms with Gasteiger partial charge in [0.05, 0.1) is 12.3 Å². The van der Waals surface area contributed by atoms with Crippen LogP contribution < -0.4 is 0 Å². The number of carbonyl (C=O) groups is 1. The Labute approximate surface area is 95.0 Å². The van der Waals surface area contributed by atoms with Crippen LogP contribution in [0, 0.1) is 0 Å². The molecule has 0 fully saturated rings. The van der Waals surface area contributed by atoms with Crippen LogP contribution in [0.15, 0.2) is 11.9 Å². The van der Waals surface area contributed by atoms with Gasteiger partial charge in [-0.1, -0.05) is 0 Å². The van der Waals surface area contributed by atoms with Crippen molar-refractivity contribution < 1.29 is 9.53 Å². The Morgan fingerprint density at radius 3 is 3.06 bits per heavy atom. The minimum absolute atomic E-state index is 0.130. The fourth-order valence-electron chi connectivity index (χ4n) is 1.95. The molecule has 2 rings (SSSR count). The van der Waals surface area contributed by atoms with Gasteiger partial charge in [-0.25, -0.2) is 0 Å². The smallest absolute Gasteiger partial charge is 0.306 e. The van der Waals surface area contributed by atoms with Crippen LogP contribution in [0.3, 0.4) is 0 Å². The molecule has 3 nitrogen and oxygen atoms in total. The topological polar surface area (TPSA) is 31.2 Å². The Morgan fingerprint density at radius 1 is 1.50 bits per heavy atom. The van der Waals surface area contributed by atoms with Gasteiger partial charge in [0.15, 0.2) is 0 Å². The van der Waals surface area contributed by atoms with E-state index in [1.165, 1.54) is 16.8 Å². The molecule has 16 heavy (non-hydrogen) atoms. The number of hydrogen-bond donors (Lipinski definition) is 0. The van der Waals surface area contributed by atoms with Crippen LogP contribution in [0.1, 0.15) is 30.2 Å². The zero-order valence-electron chi connectivity index (χ0n) is 9.62. The molecule has 0 radical (unpaired) electrons. The average molecular weight is 217 g/mol. The first kappa shape index (κ1) is 10.8. The molecule has 0 aliphatic heterocycles. The van der Waals surface area contributed by atoms with Crippen molar-refractivity contribution in [3.8, 4) is 0 Å². The van der Waals surface area contributed by atoms with E-state index in [4.69, 9.17) is 4.74 Å². The fourth-order valence-corrected chi connectivity index (χ4v) is 1.95. The Bertz CT molecular complexity index is 476. The molecule has 1 aromatic rings. The van der Waals surface area contributed by atoms with Gasteiger partial charge in [-0.2, -0.15) is 0 Å². The summed E-state index contributed by atoms with van der Waals surface area (Å²) < 4.78 is 6.97. The normalized spacial score (nSPS) is 11.9. The third-order valence-corrected chi connectivity index (χ3v) is 2.70. The van der Waals surface area contributed by atoms with Crippen molar-refractivity contribution in [2.24, 2.45) is 7.05 Å². The summed E-state index contributed by atoms with van der Waals surface area (Å²) in [7, 11) is 2.00. The lowest BCUT2D eigenvalue weighted by Gasteiger charge is -2.01. The molecule has 0 saturated heterocycles. The Kier molecular flexibility index (Phi) is 2.97. The van der Waals surface area contributed by atoms with E-state index in [-0.39, 0.29) is 5.97 Å². The zero-order valence-corrected chi connectivity index (χ0v) is 9.62. The van der Waals surface area contributed by atoms with Gasteiger partial charge in [0.25, 0.3) is 0 Å². The number of ether oxygens (including phenoxy) is 1. The highest BCUT2D eigenvalue weighted by molar-refractivity contribution is 5.75. The standard InChI is InChI=1S/C13H15NO2/c1-3-16-13(15)8-7-10-9-14(2)12-6-4-5-11(10)12/h5-6,9H,3,7-8H2,1-2H3. The first-order valence-electron chi connectivity index (χ1n) is 5.48. The maximum absolute atomic E-state index is 11.3. The van der Waals surface area contributed by atoms with E-state index in [0.717, 1.165) is 6.42 Å². The zero-order chi connectivity index (χ0) is 11.5. The van der Waals surface area contributed by atoms with Gasteiger partial charge in [0, 0.05) is 31.3 Å². The predicted molar refractivity (Wildman–Crippen MR) is 62.8 cm³/mol. The first-order chi connectivity index (χ1) is 7.72. The number of aryl methyl sites for hydroxylation is 2. The summed E-state index contributed by atoms with van der Waals surface area (Å²) in [6, 6.07) is 0. The maximum Gasteiger partial charge on any atom is 0.306 e. The molecule has 0 bridgehead atoms. The van der Waals surface area contributed by atoms with Crippen LogP contribution in [-0.2, 0) is 23.0 Å². The molecule has 1 aromatic heterocycles. The van der Waals surface area contributed by atoms with Gasteiger partial charge < -0.3 is 9.30 Å². The largest absolute Gasteiger partial charge is 0.466 e. The van der Waals surface area contributed by atoms with E-state index >= 15 is 0 Å². The van der Waals surface area contributed by atoms with Gasteiger partial charge in [0.2, 0.25) is 0 Å². The van der Waals surface area contributed by atoms with Crippen LogP contribution in [0.4, 0.5) is 0 Å². The van der Waals surface area contributed by atoms with Gasteiger partial charge in [0.1, 0.15) is 0 Å². The van der Waals surface area contributed by atoms with E-state index in [1.807, 2.05) is 26.1 Å². The van der Waals surface area contributed by atoms with E-state index in [9.17, 15) is 4.79 Å². The van der Waals surface area contributed by atoms with Crippen molar-refractivity contribution >= 4 is 18.1 Å². The van der Waals surface area contributed by atoms with Crippen molar-refractivity contribution in [2.45, 2.75) is 19.8 Å². The highest BCUT2D eigenvalue weighted by Gasteiger charge is 2.13. The second kappa shape index (κ2) is 4.42. The lowest BCUT2D eigenvalue weighted by molar-refractivity contribution is -0.143. The number of fused-ring (bicyclic) bond motifs is 1. The van der Waals surface area contributed by atoms with Crippen LogP contribution in [-0.4, -0.2) is 17.1 Å². The number of carbonyl (C=O) groups excluding carboxylic acids is 1. The quantitative estimate of drug-likeness (QED) is 0.580. The third-order valence-electron chi connectivity index (χ3n) is 2.70. The highest BCUT2D eigenvalue weighted by Crippen LogP contribution is 2.24. The van der Waals surface area contributed by atoms with Crippen LogP contribution >= 0.6 is 0 Å². The number of nitrogens with zero attached hydrogens (tertiary/aromatic N) is 1. The lowest BCUT2D eigenvalue weighted by atomic mass is 10.1. The Hall–Kier alpha value is -1.73. The number of esters is 1. The summed E-state index contributed by atoms with van der Waals surface area (Å²) in [6.45, 7) is 2.28. The van der Waals surface area contributed by atoms with Gasteiger partial charge in [-0.15, -0.1) is 5.73 Å². The molecular weight excluding hydrogens is 202 g/mol. The summed E-state index contributed by atoms with van der Waals surface area (Å²) in [5.74, 6) is -0.130. The Morgan fingerprint density at radius 2 is 2.31 bits per heavy atom. The van der Waals surface area contributed by atoms with Crippen molar-refractivity contribution in [1.29, 1.82) is 0 Å². The monoisotopic (exact) mass is 217 g/mol. The summed E-state index contributed by atoms with van der Waals surface area (Å²) >= 11 is 0. The predicted octanol–water partition coefficient (Wildman–Crippen LogP) is 2.16. The maximum atomic E-state index is 11.3. The van der Waals surface area contributed by atoms with Crippen LogP contribution in [0.25, 0.3) is 12.2 Å². The molecular formula is C13H15NO2. The van der Waals surface area contributed by atoms with E-state index < -0.39 is 0 Å². The van der Waals surface area contributed by atoms with E-state index in [0.29, 0.717) is 13.0 Å². The highest BCUT2D eigenvalue weighted by atomic mass is 16.5. The van der Waals surface area contributed by atoms with Crippen molar-refractivity contribution in [2.75, 3.05) is 6.61 Å². The molecule has 0 atom stereocenters. The average Bonchev–Trinajstić information content (AvgIpc) is 2.81. The fraction of sp³-hybridized carbons (Fsp3) is 0.385. The molecule has 3 heteroatoms. The van der Waals surface area contributed by atoms with E-state index in [1.54, 1.807) is 0 Å². The van der Waals surface area contributed by atoms with Crippen molar-refractivity contribution in [3.63, 3.8) is 0 Å². The first-order valence-corrected chi connectivity index (χ1v) is 5.48. The minimum Gasteiger partial charge on any atom is -0.466 e. The molecule has 0 aromatic carbocycles. The SMILES string of the molecule is CCOC(=O)CCc1cn(C)c2c1C=C=C2. The van der Waals surface area contributed by atoms with Gasteiger partial charge >= 0.3 is 5.97 Å². The second-order valence-electron chi connectivity index (χ2n) is 3.82. The summed E-state index contributed by atoms with van der Waals surface area (Å²) in [4.78, 5) is 11.3. The van der Waals surface area contributed by atoms with Crippen LogP contribution in [0.5, 0.6) is 0 Å². The van der Waals surface area contributed by atoms with Gasteiger partial charge in [-0.05, 0) is 25.0 Å². The molecule has 0 N–H and O–H groups in total. The van der Waals surface area contributed by atoms with E-state index in [2.05, 4.69) is 16.5 Å². The van der Waals surface area contributed by atoms with Crippen molar-refractivity contribution in [3.05, 3.63) is 28.7 Å². The molecule has 0 amide bonds. The molecule has 84 valence electrons. The van der Waals surface area contributed by atoms with Crippen molar-refractivity contribution in [1.82, 2.24) is 4.57 Å².